The van der Waals surface area contributed by atoms with Crippen molar-refractivity contribution in [3.63, 3.8) is 0 Å². The van der Waals surface area contributed by atoms with Crippen LogP contribution in [0.25, 0.3) is 0 Å². The molecule has 2 aliphatic carbocycles. The maximum absolute atomic E-state index is 10.6. The van der Waals surface area contributed by atoms with Gasteiger partial charge >= 0.3 is 5.97 Å². The fourth-order valence-electron chi connectivity index (χ4n) is 4.28. The molecule has 3 N–H and O–H groups in total. The van der Waals surface area contributed by atoms with Crippen molar-refractivity contribution in [2.24, 2.45) is 17.8 Å². The Hall–Kier alpha value is -1.39. The second kappa shape index (κ2) is 10.7. The highest BCUT2D eigenvalue weighted by Gasteiger charge is 2.41. The molecule has 0 aromatic rings. The predicted molar refractivity (Wildman–Crippen MR) is 104 cm³/mol. The van der Waals surface area contributed by atoms with Crippen molar-refractivity contribution in [3.05, 3.63) is 36.0 Å². The number of unbranched alkanes of at least 4 members (excludes halogenated alkanes) is 2. The summed E-state index contributed by atoms with van der Waals surface area (Å²) in [6, 6.07) is 0. The van der Waals surface area contributed by atoms with E-state index in [1.165, 1.54) is 5.57 Å². The van der Waals surface area contributed by atoms with E-state index in [0.717, 1.165) is 44.9 Å². The van der Waals surface area contributed by atoms with Crippen LogP contribution in [0.5, 0.6) is 0 Å². The molecule has 4 nitrogen and oxygen atoms in total. The zero-order valence-electron chi connectivity index (χ0n) is 15.9. The van der Waals surface area contributed by atoms with Gasteiger partial charge in [0.1, 0.15) is 0 Å². The van der Waals surface area contributed by atoms with Gasteiger partial charge in [0.25, 0.3) is 0 Å². The quantitative estimate of drug-likeness (QED) is 0.401. The van der Waals surface area contributed by atoms with Crippen LogP contribution in [0.4, 0.5) is 0 Å². The molecule has 1 saturated carbocycles. The number of aliphatic carboxylic acids is 1. The average molecular weight is 363 g/mol. The zero-order valence-corrected chi connectivity index (χ0v) is 15.9. The van der Waals surface area contributed by atoms with Gasteiger partial charge in [0.05, 0.1) is 12.2 Å². The van der Waals surface area contributed by atoms with Gasteiger partial charge in [0.15, 0.2) is 0 Å². The van der Waals surface area contributed by atoms with E-state index in [0.29, 0.717) is 18.3 Å². The van der Waals surface area contributed by atoms with Gasteiger partial charge in [0, 0.05) is 12.3 Å². The summed E-state index contributed by atoms with van der Waals surface area (Å²) in [5.41, 5.74) is 1.26. The number of rotatable bonds is 10. The molecule has 4 heteroatoms. The molecule has 2 aliphatic rings. The Kier molecular flexibility index (Phi) is 8.60. The first-order chi connectivity index (χ1) is 12.5. The van der Waals surface area contributed by atoms with Gasteiger partial charge in [-0.05, 0) is 43.9 Å². The lowest BCUT2D eigenvalue weighted by Gasteiger charge is -2.26. The van der Waals surface area contributed by atoms with E-state index >= 15 is 0 Å². The lowest BCUT2D eigenvalue weighted by Crippen LogP contribution is -2.20. The lowest BCUT2D eigenvalue weighted by atomic mass is 9.78. The second-order valence-corrected chi connectivity index (χ2v) is 7.77. The SMILES string of the molecule is CCCCCC(O)C=C[C@H]1[C@H]2CCC(C=CCCC(=O)O)=C[C@@H]2C[C@H]1O. The highest BCUT2D eigenvalue weighted by atomic mass is 16.4. The fourth-order valence-corrected chi connectivity index (χ4v) is 4.28. The molecule has 0 bridgehead atoms. The van der Waals surface area contributed by atoms with E-state index in [-0.39, 0.29) is 18.4 Å². The molecule has 26 heavy (non-hydrogen) atoms. The van der Waals surface area contributed by atoms with Crippen LogP contribution in [0.3, 0.4) is 0 Å². The molecule has 146 valence electrons. The summed E-state index contributed by atoms with van der Waals surface area (Å²) < 4.78 is 0. The maximum Gasteiger partial charge on any atom is 0.303 e. The van der Waals surface area contributed by atoms with E-state index in [4.69, 9.17) is 5.11 Å². The van der Waals surface area contributed by atoms with E-state index in [9.17, 15) is 15.0 Å². The number of hydrogen-bond acceptors (Lipinski definition) is 3. The standard InChI is InChI=1S/C22H34O4/c1-2-3-4-8-18(23)11-13-20-19-12-10-16(7-5-6-9-22(25)26)14-17(19)15-21(20)24/h5,7,11,13-14,17-21,23-24H,2-4,6,8-10,12,15H2,1H3,(H,25,26)/t17-,18?,19+,20+,21-/m1/s1. The van der Waals surface area contributed by atoms with Gasteiger partial charge in [-0.3, -0.25) is 4.79 Å². The van der Waals surface area contributed by atoms with Crippen molar-refractivity contribution >= 4 is 5.97 Å². The van der Waals surface area contributed by atoms with Gasteiger partial charge in [-0.2, -0.15) is 0 Å². The van der Waals surface area contributed by atoms with Crippen molar-refractivity contribution in [2.75, 3.05) is 0 Å². The molecule has 5 atom stereocenters. The number of carboxylic acid groups (broad SMARTS) is 1. The van der Waals surface area contributed by atoms with Crippen LogP contribution in [0.2, 0.25) is 0 Å². The summed E-state index contributed by atoms with van der Waals surface area (Å²) in [6.07, 6.45) is 17.1. The predicted octanol–water partition coefficient (Wildman–Crippen LogP) is 4.24. The van der Waals surface area contributed by atoms with Crippen molar-refractivity contribution in [3.8, 4) is 0 Å². The van der Waals surface area contributed by atoms with Gasteiger partial charge in [0.2, 0.25) is 0 Å². The first-order valence-corrected chi connectivity index (χ1v) is 10.1. The highest BCUT2D eigenvalue weighted by Crippen LogP contribution is 2.45. The average Bonchev–Trinajstić information content (AvgIpc) is 2.91. The van der Waals surface area contributed by atoms with Gasteiger partial charge in [-0.25, -0.2) is 0 Å². The molecule has 1 fully saturated rings. The number of aliphatic hydroxyl groups is 2. The van der Waals surface area contributed by atoms with Crippen LogP contribution in [0, 0.1) is 17.8 Å². The number of hydrogen-bond donors (Lipinski definition) is 3. The Bertz CT molecular complexity index is 534. The molecular formula is C22H34O4. The number of carboxylic acids is 1. The summed E-state index contributed by atoms with van der Waals surface area (Å²) in [7, 11) is 0. The Labute approximate surface area is 157 Å². The van der Waals surface area contributed by atoms with Gasteiger partial charge in [-0.15, -0.1) is 0 Å². The van der Waals surface area contributed by atoms with Crippen LogP contribution in [0.1, 0.15) is 64.7 Å². The number of fused-ring (bicyclic) bond motifs is 1. The van der Waals surface area contributed by atoms with E-state index < -0.39 is 12.1 Å². The van der Waals surface area contributed by atoms with Crippen LogP contribution < -0.4 is 0 Å². The Morgan fingerprint density at radius 1 is 1.38 bits per heavy atom. The van der Waals surface area contributed by atoms with Crippen LogP contribution >= 0.6 is 0 Å². The monoisotopic (exact) mass is 362 g/mol. The minimum atomic E-state index is -0.766. The minimum absolute atomic E-state index is 0.134. The molecule has 2 rings (SSSR count). The first kappa shape index (κ1) is 20.9. The summed E-state index contributed by atoms with van der Waals surface area (Å²) in [6.45, 7) is 2.16. The Morgan fingerprint density at radius 3 is 2.92 bits per heavy atom. The highest BCUT2D eigenvalue weighted by molar-refractivity contribution is 5.66. The van der Waals surface area contributed by atoms with Crippen molar-refractivity contribution in [1.29, 1.82) is 0 Å². The van der Waals surface area contributed by atoms with Crippen LogP contribution in [0.15, 0.2) is 36.0 Å². The molecule has 0 heterocycles. The minimum Gasteiger partial charge on any atom is -0.481 e. The Morgan fingerprint density at radius 2 is 2.19 bits per heavy atom. The third kappa shape index (κ3) is 6.40. The summed E-state index contributed by atoms with van der Waals surface area (Å²) >= 11 is 0. The second-order valence-electron chi connectivity index (χ2n) is 7.77. The molecule has 0 radical (unpaired) electrons. The lowest BCUT2D eigenvalue weighted by molar-refractivity contribution is -0.136. The fraction of sp³-hybridized carbons (Fsp3) is 0.682. The molecule has 1 unspecified atom stereocenters. The van der Waals surface area contributed by atoms with Gasteiger partial charge in [-0.1, -0.05) is 62.1 Å². The third-order valence-electron chi connectivity index (χ3n) is 5.71. The molecular weight excluding hydrogens is 328 g/mol. The first-order valence-electron chi connectivity index (χ1n) is 10.1. The summed E-state index contributed by atoms with van der Waals surface area (Å²) in [5.74, 6) is 0.192. The molecule has 0 aromatic heterocycles. The normalized spacial score (nSPS) is 29.9. The molecule has 0 amide bonds. The Balaban J connectivity index is 1.88. The maximum atomic E-state index is 10.6. The van der Waals surface area contributed by atoms with Crippen molar-refractivity contribution in [1.82, 2.24) is 0 Å². The van der Waals surface area contributed by atoms with E-state index in [2.05, 4.69) is 13.0 Å². The largest absolute Gasteiger partial charge is 0.481 e. The number of allylic oxidation sites excluding steroid dienone is 4. The van der Waals surface area contributed by atoms with Crippen molar-refractivity contribution < 1.29 is 20.1 Å². The summed E-state index contributed by atoms with van der Waals surface area (Å²) in [4.78, 5) is 10.6. The van der Waals surface area contributed by atoms with Gasteiger partial charge < -0.3 is 15.3 Å². The smallest absolute Gasteiger partial charge is 0.303 e. The van der Waals surface area contributed by atoms with Crippen LogP contribution in [-0.4, -0.2) is 33.5 Å². The zero-order chi connectivity index (χ0) is 18.9. The number of aliphatic hydroxyl groups excluding tert-OH is 2. The molecule has 0 spiro atoms. The van der Waals surface area contributed by atoms with E-state index in [1.807, 2.05) is 24.3 Å². The molecule has 0 saturated heterocycles. The topological polar surface area (TPSA) is 77.8 Å². The van der Waals surface area contributed by atoms with E-state index in [1.54, 1.807) is 0 Å². The van der Waals surface area contributed by atoms with Crippen molar-refractivity contribution in [2.45, 2.75) is 76.9 Å². The van der Waals surface area contributed by atoms with Crippen LogP contribution in [-0.2, 0) is 4.79 Å². The summed E-state index contributed by atoms with van der Waals surface area (Å²) in [5, 5.41) is 29.2. The molecule has 0 aromatic carbocycles. The molecule has 0 aliphatic heterocycles. The number of carbonyl (C=O) groups is 1. The third-order valence-corrected chi connectivity index (χ3v) is 5.71.